The van der Waals surface area contributed by atoms with Crippen molar-refractivity contribution in [1.82, 2.24) is 15.0 Å². The molecule has 0 bridgehead atoms. The first-order valence-corrected chi connectivity index (χ1v) is 14.3. The first kappa shape index (κ1) is 31.4. The van der Waals surface area contributed by atoms with Gasteiger partial charge >= 0.3 is 0 Å². The molecule has 1 aliphatic carbocycles. The number of rotatable bonds is 12. The van der Waals surface area contributed by atoms with E-state index < -0.39 is 60.6 Å². The van der Waals surface area contributed by atoms with Crippen LogP contribution in [0, 0.1) is 23.4 Å². The summed E-state index contributed by atoms with van der Waals surface area (Å²) in [6, 6.07) is 7.27. The van der Waals surface area contributed by atoms with Gasteiger partial charge in [0.15, 0.2) is 17.5 Å². The van der Waals surface area contributed by atoms with Crippen molar-refractivity contribution in [2.45, 2.75) is 69.4 Å². The van der Waals surface area contributed by atoms with E-state index in [1.165, 1.54) is 6.20 Å². The molecular formula is C29H32ClF3N4O6. The molecule has 3 aromatic rings. The van der Waals surface area contributed by atoms with Gasteiger partial charge in [0, 0.05) is 10.6 Å². The molecule has 232 valence electrons. The lowest BCUT2D eigenvalue weighted by atomic mass is 9.88. The highest BCUT2D eigenvalue weighted by molar-refractivity contribution is 6.30. The molecule has 2 unspecified atom stereocenters. The van der Waals surface area contributed by atoms with Gasteiger partial charge in [0.05, 0.1) is 25.1 Å². The van der Waals surface area contributed by atoms with Gasteiger partial charge in [0.1, 0.15) is 48.9 Å². The van der Waals surface area contributed by atoms with Gasteiger partial charge in [0.2, 0.25) is 0 Å². The molecule has 14 heteroatoms. The van der Waals surface area contributed by atoms with Gasteiger partial charge in [-0.05, 0) is 55.0 Å². The van der Waals surface area contributed by atoms with Crippen LogP contribution in [0.2, 0.25) is 5.02 Å². The van der Waals surface area contributed by atoms with Gasteiger partial charge in [0.25, 0.3) is 0 Å². The normalized spacial score (nSPS) is 25.1. The van der Waals surface area contributed by atoms with E-state index >= 15 is 0 Å². The van der Waals surface area contributed by atoms with Crippen LogP contribution in [0.3, 0.4) is 0 Å². The highest BCUT2D eigenvalue weighted by Gasteiger charge is 2.50. The van der Waals surface area contributed by atoms with Gasteiger partial charge in [-0.25, -0.2) is 17.9 Å². The smallest absolute Gasteiger partial charge is 0.194 e. The third kappa shape index (κ3) is 7.19. The monoisotopic (exact) mass is 624 g/mol. The van der Waals surface area contributed by atoms with Crippen LogP contribution in [0.4, 0.5) is 13.2 Å². The molecule has 1 saturated carbocycles. The lowest BCUT2D eigenvalue weighted by Gasteiger charge is -2.44. The molecule has 2 aromatic carbocycles. The Balaban J connectivity index is 1.45. The maximum absolute atomic E-state index is 13.9. The number of nitrogens with zero attached hydrogens (tertiary/aromatic N) is 4. The molecule has 1 saturated heterocycles. The predicted octanol–water partition coefficient (Wildman–Crippen LogP) is 3.82. The van der Waals surface area contributed by atoms with Crippen molar-refractivity contribution < 1.29 is 42.8 Å². The third-order valence-corrected chi connectivity index (χ3v) is 7.80. The summed E-state index contributed by atoms with van der Waals surface area (Å²) in [6.07, 6.45) is -2.57. The SMILES string of the molecule is CC/C(=N\OCC1CC1)[C@@H](OCc1ccc(Cl)cc1)[C@@H]1OC(CO)[C@H](O)[C@H](n2cc(-c3cc(F)c(F)c(F)c3)nn2)C1O. The van der Waals surface area contributed by atoms with Crippen LogP contribution < -0.4 is 0 Å². The van der Waals surface area contributed by atoms with Crippen LogP contribution in [0.15, 0.2) is 47.8 Å². The third-order valence-electron chi connectivity index (χ3n) is 7.55. The zero-order valence-corrected chi connectivity index (χ0v) is 23.9. The predicted molar refractivity (Wildman–Crippen MR) is 149 cm³/mol. The van der Waals surface area contributed by atoms with Crippen molar-refractivity contribution in [2.75, 3.05) is 13.2 Å². The van der Waals surface area contributed by atoms with Crippen LogP contribution in [0.5, 0.6) is 0 Å². The van der Waals surface area contributed by atoms with Gasteiger partial charge in [-0.3, -0.25) is 0 Å². The van der Waals surface area contributed by atoms with E-state index in [2.05, 4.69) is 15.5 Å². The molecule has 5 rings (SSSR count). The molecule has 0 amide bonds. The minimum absolute atomic E-state index is 0.0411. The van der Waals surface area contributed by atoms with E-state index in [0.29, 0.717) is 29.7 Å². The second kappa shape index (κ2) is 13.7. The van der Waals surface area contributed by atoms with Crippen molar-refractivity contribution in [3.63, 3.8) is 0 Å². The van der Waals surface area contributed by atoms with Crippen molar-refractivity contribution >= 4 is 17.3 Å². The summed E-state index contributed by atoms with van der Waals surface area (Å²) in [5.74, 6) is -4.01. The summed E-state index contributed by atoms with van der Waals surface area (Å²) in [4.78, 5) is 5.59. The summed E-state index contributed by atoms with van der Waals surface area (Å²) in [6.45, 7) is 1.75. The summed E-state index contributed by atoms with van der Waals surface area (Å²) in [7, 11) is 0. The van der Waals surface area contributed by atoms with Gasteiger partial charge < -0.3 is 29.6 Å². The lowest BCUT2D eigenvalue weighted by Crippen LogP contribution is -2.60. The van der Waals surface area contributed by atoms with Gasteiger partial charge in [-0.2, -0.15) is 0 Å². The minimum atomic E-state index is -1.63. The Morgan fingerprint density at radius 2 is 1.84 bits per heavy atom. The highest BCUT2D eigenvalue weighted by Crippen LogP contribution is 2.34. The average molecular weight is 625 g/mol. The minimum Gasteiger partial charge on any atom is -0.395 e. The quantitative estimate of drug-likeness (QED) is 0.158. The Morgan fingerprint density at radius 1 is 1.14 bits per heavy atom. The van der Waals surface area contributed by atoms with Crippen molar-refractivity contribution in [2.24, 2.45) is 11.1 Å². The van der Waals surface area contributed by atoms with Crippen LogP contribution >= 0.6 is 11.6 Å². The van der Waals surface area contributed by atoms with Crippen molar-refractivity contribution in [3.8, 4) is 11.3 Å². The molecule has 6 atom stereocenters. The molecule has 2 fully saturated rings. The number of aliphatic hydroxyl groups is 3. The zero-order chi connectivity index (χ0) is 30.7. The van der Waals surface area contributed by atoms with Gasteiger partial charge in [-0.15, -0.1) is 5.10 Å². The Labute approximate surface area is 250 Å². The molecular weight excluding hydrogens is 593 g/mol. The maximum Gasteiger partial charge on any atom is 0.194 e. The van der Waals surface area contributed by atoms with Gasteiger partial charge in [-0.1, -0.05) is 41.0 Å². The fourth-order valence-corrected chi connectivity index (χ4v) is 5.05. The van der Waals surface area contributed by atoms with E-state index in [-0.39, 0.29) is 17.9 Å². The molecule has 10 nitrogen and oxygen atoms in total. The largest absolute Gasteiger partial charge is 0.395 e. The number of hydrogen-bond acceptors (Lipinski definition) is 9. The molecule has 43 heavy (non-hydrogen) atoms. The first-order valence-electron chi connectivity index (χ1n) is 13.9. The fourth-order valence-electron chi connectivity index (χ4n) is 4.93. The Hall–Kier alpha value is -3.07. The number of aliphatic hydroxyl groups excluding tert-OH is 3. The summed E-state index contributed by atoms with van der Waals surface area (Å²) >= 11 is 6.02. The first-order chi connectivity index (χ1) is 20.7. The Bertz CT molecular complexity index is 1400. The number of halogens is 4. The van der Waals surface area contributed by atoms with Crippen LogP contribution in [-0.4, -0.2) is 79.8 Å². The Morgan fingerprint density at radius 3 is 2.47 bits per heavy atom. The summed E-state index contributed by atoms with van der Waals surface area (Å²) < 4.78 is 54.6. The van der Waals surface area contributed by atoms with Crippen LogP contribution in [-0.2, 0) is 20.9 Å². The second-order valence-corrected chi connectivity index (χ2v) is 11.1. The zero-order valence-electron chi connectivity index (χ0n) is 23.2. The van der Waals surface area contributed by atoms with Crippen LogP contribution in [0.1, 0.15) is 37.8 Å². The van der Waals surface area contributed by atoms with Crippen molar-refractivity contribution in [3.05, 3.63) is 70.6 Å². The molecule has 1 aliphatic heterocycles. The number of aromatic nitrogens is 3. The maximum atomic E-state index is 13.9. The summed E-state index contributed by atoms with van der Waals surface area (Å²) in [5, 5.41) is 45.5. The Kier molecular flexibility index (Phi) is 9.99. The standard InChI is InChI=1S/C29H32ClF3N4O6/c1-2-21(35-42-14-16-3-4-16)28(41-13-15-5-7-18(30)8-6-15)29-27(40)25(26(39)23(12-38)43-29)37-11-22(34-36-37)17-9-19(31)24(33)20(32)10-17/h5-11,16,23,25-29,38-40H,2-4,12-14H2,1H3/b35-21+/t23?,25-,26-,27?,28+,29+/m0/s1. The number of benzene rings is 2. The lowest BCUT2D eigenvalue weighted by molar-refractivity contribution is -0.227. The van der Waals surface area contributed by atoms with E-state index in [0.717, 1.165) is 35.2 Å². The molecule has 1 aromatic heterocycles. The average Bonchev–Trinajstić information content (AvgIpc) is 3.70. The fraction of sp³-hybridized carbons (Fsp3) is 0.483. The molecule has 2 aliphatic rings. The molecule has 2 heterocycles. The van der Waals surface area contributed by atoms with Crippen molar-refractivity contribution in [1.29, 1.82) is 0 Å². The molecule has 3 N–H and O–H groups in total. The molecule has 0 radical (unpaired) electrons. The summed E-state index contributed by atoms with van der Waals surface area (Å²) in [5.41, 5.74) is 1.07. The molecule has 0 spiro atoms. The highest BCUT2D eigenvalue weighted by atomic mass is 35.5. The van der Waals surface area contributed by atoms with E-state index in [1.54, 1.807) is 24.3 Å². The second-order valence-electron chi connectivity index (χ2n) is 10.7. The van der Waals surface area contributed by atoms with E-state index in [9.17, 15) is 28.5 Å². The van der Waals surface area contributed by atoms with E-state index in [1.807, 2.05) is 6.92 Å². The number of oxime groups is 1. The van der Waals surface area contributed by atoms with E-state index in [4.69, 9.17) is 25.9 Å². The number of ether oxygens (including phenoxy) is 2. The van der Waals surface area contributed by atoms with Crippen LogP contribution in [0.25, 0.3) is 11.3 Å². The topological polar surface area (TPSA) is 131 Å². The number of hydrogen-bond donors (Lipinski definition) is 3.